The van der Waals surface area contributed by atoms with E-state index in [1.807, 2.05) is 0 Å². The molecule has 0 saturated carbocycles. The Labute approximate surface area is 424 Å². The molecule has 1 amide bonds. The molecule has 0 spiro atoms. The summed E-state index contributed by atoms with van der Waals surface area (Å²) in [5.74, 6) is -2.46. The Hall–Kier alpha value is -2.13. The van der Waals surface area contributed by atoms with Crippen molar-refractivity contribution in [3.05, 3.63) is 0 Å². The Bertz CT molecular complexity index is 1370. The lowest BCUT2D eigenvalue weighted by atomic mass is 9.96. The van der Waals surface area contributed by atoms with Gasteiger partial charge < -0.3 is 44.3 Å². The van der Waals surface area contributed by atoms with E-state index < -0.39 is 87.5 Å². The lowest BCUT2D eigenvalue weighted by Gasteiger charge is -2.43. The number of aliphatic hydroxyl groups is 2. The molecule has 1 aliphatic rings. The fourth-order valence-electron chi connectivity index (χ4n) is 9.20. The van der Waals surface area contributed by atoms with Crippen molar-refractivity contribution in [2.75, 3.05) is 6.61 Å². The summed E-state index contributed by atoms with van der Waals surface area (Å²) >= 11 is 0. The zero-order valence-corrected chi connectivity index (χ0v) is 45.3. The predicted molar refractivity (Wildman–Crippen MR) is 275 cm³/mol. The maximum Gasteiger partial charge on any atom is 0.470 e. The summed E-state index contributed by atoms with van der Waals surface area (Å²) in [6.45, 7) is 7.82. The normalized spacial score (nSPS) is 19.1. The number of phosphoric acid groups is 1. The number of aliphatic hydroxyl groups excluding tert-OH is 2. The SMILES string of the molecule is CCCCCCCCCCC[C@H](CC(=O)N[C@@H]1[C@@H](OC(=O)C[C@@H](CCCCCCCCCCC)OC(=O)CCCCCCCCC)[C@H](OP(=O)(O)O)[C@@H](CO)O[C@H]1O)OC(=O)CCCCCCCCC. The van der Waals surface area contributed by atoms with Gasteiger partial charge in [0.15, 0.2) is 12.4 Å². The van der Waals surface area contributed by atoms with Crippen LogP contribution in [0.15, 0.2) is 0 Å². The van der Waals surface area contributed by atoms with Gasteiger partial charge in [-0.05, 0) is 38.5 Å². The third kappa shape index (κ3) is 35.1. The number of nitrogens with one attached hydrogen (secondary N) is 1. The van der Waals surface area contributed by atoms with Crippen molar-refractivity contribution in [2.24, 2.45) is 0 Å². The number of amides is 1. The molecule has 1 aliphatic heterocycles. The molecule has 0 bridgehead atoms. The number of ether oxygens (including phenoxy) is 4. The zero-order chi connectivity index (χ0) is 51.7. The van der Waals surface area contributed by atoms with Crippen LogP contribution in [0.3, 0.4) is 0 Å². The Morgan fingerprint density at radius 1 is 0.514 bits per heavy atom. The topological polar surface area (TPSA) is 224 Å². The number of esters is 3. The molecule has 0 aromatic heterocycles. The van der Waals surface area contributed by atoms with Crippen LogP contribution in [-0.4, -0.2) is 93.3 Å². The van der Waals surface area contributed by atoms with Crippen LogP contribution in [-0.2, 0) is 47.2 Å². The molecule has 0 unspecified atom stereocenters. The molecule has 0 aromatic rings. The Morgan fingerprint density at radius 2 is 0.871 bits per heavy atom. The molecule has 0 aromatic carbocycles. The summed E-state index contributed by atoms with van der Waals surface area (Å²) in [4.78, 5) is 73.9. The first-order chi connectivity index (χ1) is 33.8. The molecule has 5 N–H and O–H groups in total. The number of hydrogen-bond acceptors (Lipinski definition) is 12. The van der Waals surface area contributed by atoms with E-state index >= 15 is 0 Å². The van der Waals surface area contributed by atoms with Gasteiger partial charge in [-0.15, -0.1) is 0 Å². The van der Waals surface area contributed by atoms with Crippen molar-refractivity contribution < 1.29 is 67.2 Å². The van der Waals surface area contributed by atoms with E-state index in [0.717, 1.165) is 109 Å². The summed E-state index contributed by atoms with van der Waals surface area (Å²) in [5, 5.41) is 24.1. The van der Waals surface area contributed by atoms with E-state index in [-0.39, 0.29) is 19.3 Å². The van der Waals surface area contributed by atoms with Crippen LogP contribution < -0.4 is 5.32 Å². The average molecular weight is 1020 g/mol. The van der Waals surface area contributed by atoms with Gasteiger partial charge in [-0.1, -0.05) is 207 Å². The lowest BCUT2D eigenvalue weighted by molar-refractivity contribution is -0.256. The maximum atomic E-state index is 13.9. The van der Waals surface area contributed by atoms with Crippen molar-refractivity contribution in [3.63, 3.8) is 0 Å². The zero-order valence-electron chi connectivity index (χ0n) is 44.4. The first kappa shape index (κ1) is 65.9. The van der Waals surface area contributed by atoms with E-state index in [0.29, 0.717) is 38.5 Å². The van der Waals surface area contributed by atoms with Gasteiger partial charge in [0.25, 0.3) is 0 Å². The van der Waals surface area contributed by atoms with Gasteiger partial charge in [0, 0.05) is 12.8 Å². The van der Waals surface area contributed by atoms with Crippen molar-refractivity contribution in [1.29, 1.82) is 0 Å². The molecule has 1 rings (SSSR count). The van der Waals surface area contributed by atoms with Crippen molar-refractivity contribution >= 4 is 31.6 Å². The second kappa shape index (κ2) is 43.3. The largest absolute Gasteiger partial charge is 0.470 e. The lowest BCUT2D eigenvalue weighted by Crippen LogP contribution is -2.65. The molecular formula is C54H102NO14P. The highest BCUT2D eigenvalue weighted by Crippen LogP contribution is 2.42. The standard InChI is InChI=1S/C54H102NO14P/c1-5-9-13-17-21-23-27-29-33-37-44(65-48(58)39-35-31-25-19-15-11-7-3)41-47(57)55-51-53(52(69-70(62,63)64)46(43-56)67-54(51)61)68-50(60)42-45(38-34-30-28-24-22-18-14-10-6-2)66-49(59)40-36-32-26-20-16-12-8-4/h44-46,51-54,56,61H,5-43H2,1-4H3,(H,55,57)(H2,62,63,64)/t44-,45-,46-,51-,52-,53-,54-/m1/s1. The summed E-state index contributed by atoms with van der Waals surface area (Å²) in [6, 6.07) is -1.62. The van der Waals surface area contributed by atoms with Gasteiger partial charge in [0.05, 0.1) is 19.4 Å². The van der Waals surface area contributed by atoms with E-state index in [4.69, 9.17) is 23.5 Å². The average Bonchev–Trinajstić information content (AvgIpc) is 3.31. The highest BCUT2D eigenvalue weighted by Gasteiger charge is 2.51. The molecule has 1 heterocycles. The molecule has 0 aliphatic carbocycles. The first-order valence-electron chi connectivity index (χ1n) is 28.3. The van der Waals surface area contributed by atoms with Gasteiger partial charge in [-0.2, -0.15) is 0 Å². The smallest absolute Gasteiger partial charge is 0.462 e. The molecule has 7 atom stereocenters. The van der Waals surface area contributed by atoms with Crippen molar-refractivity contribution in [2.45, 2.75) is 315 Å². The minimum atomic E-state index is -5.34. The molecular weight excluding hydrogens is 918 g/mol. The van der Waals surface area contributed by atoms with Crippen LogP contribution in [0.4, 0.5) is 0 Å². The van der Waals surface area contributed by atoms with E-state index in [9.17, 15) is 43.7 Å². The third-order valence-corrected chi connectivity index (χ3v) is 13.8. The third-order valence-electron chi connectivity index (χ3n) is 13.3. The number of unbranched alkanes of at least 4 members (excludes halogenated alkanes) is 28. The molecule has 1 fully saturated rings. The van der Waals surface area contributed by atoms with E-state index in [2.05, 4.69) is 33.0 Å². The Balaban J connectivity index is 3.21. The summed E-state index contributed by atoms with van der Waals surface area (Å²) < 4.78 is 40.5. The van der Waals surface area contributed by atoms with Crippen LogP contribution in [0.2, 0.25) is 0 Å². The minimum absolute atomic E-state index is 0.197. The highest BCUT2D eigenvalue weighted by atomic mass is 31.2. The van der Waals surface area contributed by atoms with Gasteiger partial charge in [-0.25, -0.2) is 4.57 Å². The molecule has 16 heteroatoms. The minimum Gasteiger partial charge on any atom is -0.462 e. The van der Waals surface area contributed by atoms with Crippen LogP contribution in [0, 0.1) is 0 Å². The second-order valence-electron chi connectivity index (χ2n) is 20.0. The van der Waals surface area contributed by atoms with Crippen LogP contribution in [0.25, 0.3) is 0 Å². The summed E-state index contributed by atoms with van der Waals surface area (Å²) in [6.07, 6.45) is 25.5. The molecule has 15 nitrogen and oxygen atoms in total. The highest BCUT2D eigenvalue weighted by molar-refractivity contribution is 7.46. The van der Waals surface area contributed by atoms with Crippen LogP contribution >= 0.6 is 7.82 Å². The Kier molecular flexibility index (Phi) is 40.7. The number of carbonyl (C=O) groups is 4. The van der Waals surface area contributed by atoms with Gasteiger partial charge >= 0.3 is 25.7 Å². The number of phosphoric ester groups is 1. The summed E-state index contributed by atoms with van der Waals surface area (Å²) in [7, 11) is -5.34. The summed E-state index contributed by atoms with van der Waals surface area (Å²) in [5.41, 5.74) is 0. The monoisotopic (exact) mass is 1020 g/mol. The molecule has 0 radical (unpaired) electrons. The maximum absolute atomic E-state index is 13.9. The van der Waals surface area contributed by atoms with Crippen LogP contribution in [0.5, 0.6) is 0 Å². The first-order valence-corrected chi connectivity index (χ1v) is 29.9. The quantitative estimate of drug-likeness (QED) is 0.0166. The van der Waals surface area contributed by atoms with E-state index in [1.165, 1.54) is 70.6 Å². The van der Waals surface area contributed by atoms with Gasteiger partial charge in [0.1, 0.15) is 30.5 Å². The second-order valence-corrected chi connectivity index (χ2v) is 21.2. The predicted octanol–water partition coefficient (Wildman–Crippen LogP) is 12.3. The molecule has 1 saturated heterocycles. The number of rotatable bonds is 47. The van der Waals surface area contributed by atoms with E-state index in [1.54, 1.807) is 0 Å². The van der Waals surface area contributed by atoms with Crippen molar-refractivity contribution in [1.82, 2.24) is 5.32 Å². The molecule has 412 valence electrons. The molecule has 70 heavy (non-hydrogen) atoms. The van der Waals surface area contributed by atoms with Crippen LogP contribution in [0.1, 0.15) is 272 Å². The Morgan fingerprint density at radius 3 is 1.24 bits per heavy atom. The van der Waals surface area contributed by atoms with Gasteiger partial charge in [-0.3, -0.25) is 23.7 Å². The number of hydrogen-bond donors (Lipinski definition) is 5. The number of carbonyl (C=O) groups excluding carboxylic acids is 4. The van der Waals surface area contributed by atoms with Gasteiger partial charge in [0.2, 0.25) is 5.91 Å². The fraction of sp³-hybridized carbons (Fsp3) is 0.926. The van der Waals surface area contributed by atoms with Crippen molar-refractivity contribution in [3.8, 4) is 0 Å². The fourth-order valence-corrected chi connectivity index (χ4v) is 9.77.